The van der Waals surface area contributed by atoms with Crippen LogP contribution in [0.3, 0.4) is 0 Å². The topological polar surface area (TPSA) is 44.8 Å². The quantitative estimate of drug-likeness (QED) is 0.511. The van der Waals surface area contributed by atoms with Gasteiger partial charge in [0.25, 0.3) is 0 Å². The van der Waals surface area contributed by atoms with E-state index in [9.17, 15) is 4.79 Å². The number of carbonyl (C=O) groups excluding carboxylic acids is 1. The van der Waals surface area contributed by atoms with E-state index in [1.165, 1.54) is 0 Å². The Balaban J connectivity index is 2.39. The Labute approximate surface area is 96.6 Å². The third kappa shape index (κ3) is 5.75. The minimum atomic E-state index is -0.622. The van der Waals surface area contributed by atoms with Crippen LogP contribution < -0.4 is 0 Å². The maximum Gasteiger partial charge on any atom is 0.509 e. The molecule has 1 atom stereocenters. The van der Waals surface area contributed by atoms with Crippen molar-refractivity contribution in [2.45, 2.75) is 45.3 Å². The highest BCUT2D eigenvalue weighted by atomic mass is 16.7. The van der Waals surface area contributed by atoms with Gasteiger partial charge < -0.3 is 14.2 Å². The molecule has 0 aromatic heterocycles. The predicted molar refractivity (Wildman–Crippen MR) is 60.3 cm³/mol. The summed E-state index contributed by atoms with van der Waals surface area (Å²) in [5, 5.41) is 0. The summed E-state index contributed by atoms with van der Waals surface area (Å²) in [6.45, 7) is 6.77. The van der Waals surface area contributed by atoms with Crippen molar-refractivity contribution < 1.29 is 19.0 Å². The van der Waals surface area contributed by atoms with E-state index in [0.29, 0.717) is 13.0 Å². The second kappa shape index (κ2) is 5.89. The lowest BCUT2D eigenvalue weighted by Crippen LogP contribution is -2.28. The van der Waals surface area contributed by atoms with Crippen LogP contribution in [0.15, 0.2) is 12.2 Å². The summed E-state index contributed by atoms with van der Waals surface area (Å²) in [5.74, 6) is 0. The van der Waals surface area contributed by atoms with Gasteiger partial charge in [-0.3, -0.25) is 0 Å². The molecule has 0 N–H and O–H groups in total. The largest absolute Gasteiger partial charge is 0.509 e. The smallest absolute Gasteiger partial charge is 0.429 e. The van der Waals surface area contributed by atoms with Gasteiger partial charge in [-0.05, 0) is 33.3 Å². The van der Waals surface area contributed by atoms with Crippen molar-refractivity contribution in [1.29, 1.82) is 0 Å². The van der Waals surface area contributed by atoms with Crippen molar-refractivity contribution in [3.05, 3.63) is 12.2 Å². The van der Waals surface area contributed by atoms with Gasteiger partial charge in [-0.2, -0.15) is 0 Å². The van der Waals surface area contributed by atoms with Gasteiger partial charge in [0.2, 0.25) is 0 Å². The van der Waals surface area contributed by atoms with Crippen LogP contribution in [0, 0.1) is 0 Å². The lowest BCUT2D eigenvalue weighted by atomic mass is 10.2. The molecule has 1 aliphatic heterocycles. The van der Waals surface area contributed by atoms with Crippen LogP contribution in [-0.2, 0) is 14.2 Å². The molecule has 0 aromatic rings. The Morgan fingerprint density at radius 1 is 1.38 bits per heavy atom. The van der Waals surface area contributed by atoms with Crippen LogP contribution in [0.4, 0.5) is 4.79 Å². The fourth-order valence-electron chi connectivity index (χ4n) is 1.29. The molecule has 1 heterocycles. The highest BCUT2D eigenvalue weighted by Gasteiger charge is 2.20. The number of rotatable bonds is 1. The van der Waals surface area contributed by atoms with Crippen molar-refractivity contribution in [2.75, 3.05) is 13.2 Å². The molecular formula is C12H20O4. The van der Waals surface area contributed by atoms with E-state index in [1.54, 1.807) is 0 Å². The molecule has 0 bridgehead atoms. The maximum atomic E-state index is 11.4. The number of hydrogen-bond donors (Lipinski definition) is 0. The van der Waals surface area contributed by atoms with Crippen LogP contribution in [0.5, 0.6) is 0 Å². The van der Waals surface area contributed by atoms with E-state index in [2.05, 4.69) is 0 Å². The monoisotopic (exact) mass is 228 g/mol. The fourth-order valence-corrected chi connectivity index (χ4v) is 1.29. The normalized spacial score (nSPS) is 24.1. The van der Waals surface area contributed by atoms with Gasteiger partial charge in [0.15, 0.2) is 0 Å². The minimum Gasteiger partial charge on any atom is -0.429 e. The molecule has 0 amide bonds. The minimum absolute atomic E-state index is 0.241. The Kier molecular flexibility index (Phi) is 4.80. The molecule has 92 valence electrons. The van der Waals surface area contributed by atoms with E-state index < -0.39 is 11.8 Å². The van der Waals surface area contributed by atoms with Gasteiger partial charge >= 0.3 is 6.16 Å². The molecule has 4 heteroatoms. The van der Waals surface area contributed by atoms with Crippen molar-refractivity contribution >= 4 is 6.16 Å². The molecule has 1 unspecified atom stereocenters. The van der Waals surface area contributed by atoms with Crippen LogP contribution in [0.2, 0.25) is 0 Å². The molecule has 0 aliphatic carbocycles. The van der Waals surface area contributed by atoms with E-state index >= 15 is 0 Å². The van der Waals surface area contributed by atoms with Gasteiger partial charge in [0, 0.05) is 6.42 Å². The van der Waals surface area contributed by atoms with Gasteiger partial charge in [-0.1, -0.05) is 6.08 Å². The van der Waals surface area contributed by atoms with Crippen molar-refractivity contribution in [2.24, 2.45) is 0 Å². The second-order valence-electron chi connectivity index (χ2n) is 4.74. The molecular weight excluding hydrogens is 208 g/mol. The summed E-state index contributed by atoms with van der Waals surface area (Å²) in [7, 11) is 0. The van der Waals surface area contributed by atoms with Crippen LogP contribution in [0.1, 0.15) is 33.6 Å². The molecule has 0 saturated heterocycles. The maximum absolute atomic E-state index is 11.4. The summed E-state index contributed by atoms with van der Waals surface area (Å²) in [4.78, 5) is 11.4. The molecule has 0 fully saturated rings. The third-order valence-corrected chi connectivity index (χ3v) is 1.96. The number of carbonyl (C=O) groups is 1. The first-order chi connectivity index (χ1) is 7.47. The van der Waals surface area contributed by atoms with Gasteiger partial charge in [-0.15, -0.1) is 0 Å². The fraction of sp³-hybridized carbons (Fsp3) is 0.750. The van der Waals surface area contributed by atoms with E-state index in [4.69, 9.17) is 14.2 Å². The molecule has 0 radical (unpaired) electrons. The average molecular weight is 228 g/mol. The summed E-state index contributed by atoms with van der Waals surface area (Å²) < 4.78 is 15.6. The first-order valence-electron chi connectivity index (χ1n) is 5.61. The number of ether oxygens (including phenoxy) is 3. The molecule has 0 spiro atoms. The van der Waals surface area contributed by atoms with Crippen molar-refractivity contribution in [3.63, 3.8) is 0 Å². The Morgan fingerprint density at radius 3 is 2.81 bits per heavy atom. The predicted octanol–water partition coefficient (Wildman–Crippen LogP) is 2.67. The SMILES string of the molecule is CC(C)(C)OC(=O)OC1/C=C/CCOCC1. The lowest BCUT2D eigenvalue weighted by molar-refractivity contribution is -0.0243. The summed E-state index contributed by atoms with van der Waals surface area (Å²) in [5.41, 5.74) is -0.515. The summed E-state index contributed by atoms with van der Waals surface area (Å²) >= 11 is 0. The van der Waals surface area contributed by atoms with E-state index in [0.717, 1.165) is 13.0 Å². The zero-order chi connectivity index (χ0) is 12.0. The standard InChI is InChI=1S/C12H20O4/c1-12(2,3)16-11(13)15-10-6-4-5-8-14-9-7-10/h4,6,10H,5,7-9H2,1-3H3/b6-4+. The highest BCUT2D eigenvalue weighted by molar-refractivity contribution is 5.60. The average Bonchev–Trinajstić information content (AvgIpc) is 2.06. The Morgan fingerprint density at radius 2 is 2.12 bits per heavy atom. The van der Waals surface area contributed by atoms with Gasteiger partial charge in [0.1, 0.15) is 11.7 Å². The Hall–Kier alpha value is -1.03. The highest BCUT2D eigenvalue weighted by Crippen LogP contribution is 2.12. The molecule has 0 saturated carbocycles. The first-order valence-corrected chi connectivity index (χ1v) is 5.61. The van der Waals surface area contributed by atoms with Crippen LogP contribution in [0.25, 0.3) is 0 Å². The molecule has 16 heavy (non-hydrogen) atoms. The zero-order valence-electron chi connectivity index (χ0n) is 10.2. The van der Waals surface area contributed by atoms with E-state index in [-0.39, 0.29) is 6.10 Å². The third-order valence-electron chi connectivity index (χ3n) is 1.96. The van der Waals surface area contributed by atoms with Crippen molar-refractivity contribution in [3.8, 4) is 0 Å². The Bertz CT molecular complexity index is 252. The van der Waals surface area contributed by atoms with E-state index in [1.807, 2.05) is 32.9 Å². The number of hydrogen-bond acceptors (Lipinski definition) is 4. The second-order valence-corrected chi connectivity index (χ2v) is 4.74. The zero-order valence-corrected chi connectivity index (χ0v) is 10.2. The molecule has 1 rings (SSSR count). The summed E-state index contributed by atoms with van der Waals surface area (Å²) in [6.07, 6.45) is 4.53. The van der Waals surface area contributed by atoms with Gasteiger partial charge in [-0.25, -0.2) is 4.79 Å². The lowest BCUT2D eigenvalue weighted by Gasteiger charge is -2.22. The molecule has 1 aliphatic rings. The van der Waals surface area contributed by atoms with Gasteiger partial charge in [0.05, 0.1) is 13.2 Å². The molecule has 4 nitrogen and oxygen atoms in total. The van der Waals surface area contributed by atoms with Crippen molar-refractivity contribution in [1.82, 2.24) is 0 Å². The summed E-state index contributed by atoms with van der Waals surface area (Å²) in [6, 6.07) is 0. The van der Waals surface area contributed by atoms with Crippen LogP contribution in [-0.4, -0.2) is 31.1 Å². The first kappa shape index (κ1) is 13.0. The van der Waals surface area contributed by atoms with Crippen LogP contribution >= 0.6 is 0 Å². The molecule has 0 aromatic carbocycles.